The molecule has 2 aromatic rings. The van der Waals surface area contributed by atoms with Gasteiger partial charge in [-0.15, -0.1) is 0 Å². The van der Waals surface area contributed by atoms with Crippen molar-refractivity contribution < 1.29 is 14.4 Å². The molecule has 0 aliphatic carbocycles. The third kappa shape index (κ3) is 3.11. The maximum absolute atomic E-state index is 10.8. The van der Waals surface area contributed by atoms with Gasteiger partial charge in [-0.25, -0.2) is 0 Å². The second-order valence-corrected chi connectivity index (χ2v) is 3.88. The van der Waals surface area contributed by atoms with E-state index in [2.05, 4.69) is 4.98 Å². The van der Waals surface area contributed by atoms with Crippen molar-refractivity contribution in [3.63, 3.8) is 0 Å². The molecule has 0 saturated heterocycles. The van der Waals surface area contributed by atoms with Gasteiger partial charge in [0.25, 0.3) is 0 Å². The average molecular weight is 281 g/mol. The molecular weight excluding hydrogens is 272 g/mol. The van der Waals surface area contributed by atoms with E-state index in [0.29, 0.717) is 11.5 Å². The van der Waals surface area contributed by atoms with Gasteiger partial charge in [-0.2, -0.15) is 4.98 Å². The Balaban J connectivity index is 2.31. The highest BCUT2D eigenvalue weighted by molar-refractivity contribution is 6.29. The fraction of sp³-hybridized carbons (Fsp3) is 0.0833. The standard InChI is InChI=1S/C12H9ClN2O4/c1-18-8-2-4-9(5-3-8)19-12-10(15(16)17)6-7-11(13)14-12/h2-7H,1H3. The molecule has 0 atom stereocenters. The predicted molar refractivity (Wildman–Crippen MR) is 69.0 cm³/mol. The van der Waals surface area contributed by atoms with Crippen LogP contribution in [0, 0.1) is 10.1 Å². The number of hydrogen-bond acceptors (Lipinski definition) is 5. The van der Waals surface area contributed by atoms with Crippen LogP contribution >= 0.6 is 11.6 Å². The summed E-state index contributed by atoms with van der Waals surface area (Å²) in [6, 6.07) is 9.16. The number of rotatable bonds is 4. The second-order valence-electron chi connectivity index (χ2n) is 3.49. The number of methoxy groups -OCH3 is 1. The van der Waals surface area contributed by atoms with E-state index in [1.54, 1.807) is 31.4 Å². The molecule has 0 N–H and O–H groups in total. The van der Waals surface area contributed by atoms with Gasteiger partial charge in [0.1, 0.15) is 16.7 Å². The van der Waals surface area contributed by atoms with Crippen molar-refractivity contribution in [2.75, 3.05) is 7.11 Å². The molecule has 98 valence electrons. The molecular formula is C12H9ClN2O4. The van der Waals surface area contributed by atoms with Crippen molar-refractivity contribution in [1.82, 2.24) is 4.98 Å². The first kappa shape index (κ1) is 13.1. The number of hydrogen-bond donors (Lipinski definition) is 0. The van der Waals surface area contributed by atoms with E-state index in [1.165, 1.54) is 12.1 Å². The van der Waals surface area contributed by atoms with Crippen LogP contribution in [0.4, 0.5) is 5.69 Å². The van der Waals surface area contributed by atoms with Crippen LogP contribution in [-0.2, 0) is 0 Å². The van der Waals surface area contributed by atoms with Gasteiger partial charge in [0.05, 0.1) is 12.0 Å². The summed E-state index contributed by atoms with van der Waals surface area (Å²) in [7, 11) is 1.54. The Labute approximate surface area is 113 Å². The smallest absolute Gasteiger partial charge is 0.331 e. The molecule has 7 heteroatoms. The Morgan fingerprint density at radius 3 is 2.37 bits per heavy atom. The third-order valence-corrected chi connectivity index (χ3v) is 2.49. The SMILES string of the molecule is COc1ccc(Oc2nc(Cl)ccc2[N+](=O)[O-])cc1. The van der Waals surface area contributed by atoms with E-state index in [-0.39, 0.29) is 16.7 Å². The van der Waals surface area contributed by atoms with Gasteiger partial charge in [0.2, 0.25) is 0 Å². The van der Waals surface area contributed by atoms with Gasteiger partial charge in [0, 0.05) is 6.07 Å². The lowest BCUT2D eigenvalue weighted by atomic mass is 10.3. The summed E-state index contributed by atoms with van der Waals surface area (Å²) >= 11 is 5.70. The Bertz CT molecular complexity index is 601. The summed E-state index contributed by atoms with van der Waals surface area (Å²) in [6.45, 7) is 0. The van der Waals surface area contributed by atoms with Crippen molar-refractivity contribution in [2.24, 2.45) is 0 Å². The molecule has 0 aliphatic rings. The molecule has 1 aromatic carbocycles. The molecule has 6 nitrogen and oxygen atoms in total. The first-order valence-corrected chi connectivity index (χ1v) is 5.61. The van der Waals surface area contributed by atoms with Gasteiger partial charge in [-0.05, 0) is 30.3 Å². The molecule has 0 radical (unpaired) electrons. The summed E-state index contributed by atoms with van der Waals surface area (Å²) in [6.07, 6.45) is 0. The van der Waals surface area contributed by atoms with Gasteiger partial charge in [-0.3, -0.25) is 10.1 Å². The van der Waals surface area contributed by atoms with Crippen LogP contribution in [0.15, 0.2) is 36.4 Å². The molecule has 0 saturated carbocycles. The van der Waals surface area contributed by atoms with Crippen molar-refractivity contribution in [2.45, 2.75) is 0 Å². The molecule has 1 aromatic heterocycles. The summed E-state index contributed by atoms with van der Waals surface area (Å²) in [5, 5.41) is 11.0. The molecule has 0 aliphatic heterocycles. The quantitative estimate of drug-likeness (QED) is 0.487. The Kier molecular flexibility index (Phi) is 3.82. The topological polar surface area (TPSA) is 74.5 Å². The van der Waals surface area contributed by atoms with Gasteiger partial charge in [-0.1, -0.05) is 11.6 Å². The van der Waals surface area contributed by atoms with E-state index < -0.39 is 4.92 Å². The van der Waals surface area contributed by atoms with Crippen molar-refractivity contribution in [3.05, 3.63) is 51.7 Å². The van der Waals surface area contributed by atoms with E-state index in [1.807, 2.05) is 0 Å². The minimum atomic E-state index is -0.581. The number of pyridine rings is 1. The lowest BCUT2D eigenvalue weighted by Crippen LogP contribution is -1.96. The summed E-state index contributed by atoms with van der Waals surface area (Å²) in [5.41, 5.74) is -0.250. The highest BCUT2D eigenvalue weighted by Crippen LogP contribution is 2.31. The summed E-state index contributed by atoms with van der Waals surface area (Å²) in [4.78, 5) is 14.1. The molecule has 0 amide bonds. The summed E-state index contributed by atoms with van der Waals surface area (Å²) < 4.78 is 10.4. The van der Waals surface area contributed by atoms with Crippen LogP contribution in [0.2, 0.25) is 5.15 Å². The zero-order valence-corrected chi connectivity index (χ0v) is 10.6. The molecule has 0 spiro atoms. The van der Waals surface area contributed by atoms with Crippen LogP contribution in [0.5, 0.6) is 17.4 Å². The fourth-order valence-electron chi connectivity index (χ4n) is 1.38. The number of halogens is 1. The number of nitrogens with zero attached hydrogens (tertiary/aromatic N) is 2. The fourth-order valence-corrected chi connectivity index (χ4v) is 1.52. The minimum absolute atomic E-state index is 0.120. The zero-order valence-electron chi connectivity index (χ0n) is 9.87. The average Bonchev–Trinajstić information content (AvgIpc) is 2.39. The van der Waals surface area contributed by atoms with Crippen LogP contribution in [0.3, 0.4) is 0 Å². The van der Waals surface area contributed by atoms with Crippen LogP contribution < -0.4 is 9.47 Å². The number of benzene rings is 1. The Morgan fingerprint density at radius 2 is 1.79 bits per heavy atom. The van der Waals surface area contributed by atoms with E-state index in [9.17, 15) is 10.1 Å². The van der Waals surface area contributed by atoms with Crippen LogP contribution in [0.1, 0.15) is 0 Å². The highest BCUT2D eigenvalue weighted by Gasteiger charge is 2.18. The molecule has 1 heterocycles. The molecule has 0 fully saturated rings. The van der Waals surface area contributed by atoms with Gasteiger partial charge >= 0.3 is 11.6 Å². The maximum atomic E-state index is 10.8. The lowest BCUT2D eigenvalue weighted by Gasteiger charge is -2.06. The monoisotopic (exact) mass is 280 g/mol. The van der Waals surface area contributed by atoms with Crippen LogP contribution in [-0.4, -0.2) is 17.0 Å². The largest absolute Gasteiger partial charge is 0.497 e. The number of ether oxygens (including phenoxy) is 2. The van der Waals surface area contributed by atoms with Gasteiger partial charge < -0.3 is 9.47 Å². The number of nitro groups is 1. The zero-order chi connectivity index (χ0) is 13.8. The third-order valence-electron chi connectivity index (χ3n) is 2.28. The molecule has 0 bridgehead atoms. The first-order chi connectivity index (χ1) is 9.10. The molecule has 19 heavy (non-hydrogen) atoms. The predicted octanol–water partition coefficient (Wildman–Crippen LogP) is 3.44. The van der Waals surface area contributed by atoms with E-state index in [0.717, 1.165) is 0 Å². The first-order valence-electron chi connectivity index (χ1n) is 5.23. The second kappa shape index (κ2) is 5.53. The van der Waals surface area contributed by atoms with E-state index in [4.69, 9.17) is 21.1 Å². The van der Waals surface area contributed by atoms with Crippen molar-refractivity contribution >= 4 is 17.3 Å². The summed E-state index contributed by atoms with van der Waals surface area (Å²) in [5.74, 6) is 0.905. The lowest BCUT2D eigenvalue weighted by molar-refractivity contribution is -0.386. The number of aromatic nitrogens is 1. The molecule has 0 unspecified atom stereocenters. The van der Waals surface area contributed by atoms with Crippen LogP contribution in [0.25, 0.3) is 0 Å². The minimum Gasteiger partial charge on any atom is -0.497 e. The maximum Gasteiger partial charge on any atom is 0.331 e. The highest BCUT2D eigenvalue weighted by atomic mass is 35.5. The molecule has 2 rings (SSSR count). The van der Waals surface area contributed by atoms with Gasteiger partial charge in [0.15, 0.2) is 0 Å². The Hall–Kier alpha value is -2.34. The Morgan fingerprint density at radius 1 is 1.16 bits per heavy atom. The van der Waals surface area contributed by atoms with Crippen molar-refractivity contribution in [3.8, 4) is 17.4 Å². The van der Waals surface area contributed by atoms with Crippen molar-refractivity contribution in [1.29, 1.82) is 0 Å². The normalized spacial score (nSPS) is 10.0. The van der Waals surface area contributed by atoms with E-state index >= 15 is 0 Å².